The van der Waals surface area contributed by atoms with Gasteiger partial charge in [-0.25, -0.2) is 12.8 Å². The molecule has 0 aliphatic carbocycles. The fourth-order valence-corrected chi connectivity index (χ4v) is 5.48. The summed E-state index contributed by atoms with van der Waals surface area (Å²) in [4.78, 5) is 17.1. The van der Waals surface area contributed by atoms with Crippen molar-refractivity contribution in [1.82, 2.24) is 4.90 Å². The fourth-order valence-electron chi connectivity index (χ4n) is 4.09. The summed E-state index contributed by atoms with van der Waals surface area (Å²) < 4.78 is 42.3. The molecule has 1 aliphatic heterocycles. The van der Waals surface area contributed by atoms with E-state index in [9.17, 15) is 17.6 Å². The summed E-state index contributed by atoms with van der Waals surface area (Å²) >= 11 is 0. The number of carbonyl (C=O) groups is 1. The molecule has 8 heteroatoms. The van der Waals surface area contributed by atoms with Crippen molar-refractivity contribution in [3.05, 3.63) is 88.7 Å². The first kappa shape index (κ1) is 23.8. The van der Waals surface area contributed by atoms with Crippen LogP contribution in [-0.4, -0.2) is 45.4 Å². The van der Waals surface area contributed by atoms with E-state index in [1.807, 2.05) is 19.9 Å². The van der Waals surface area contributed by atoms with Crippen LogP contribution in [0.4, 0.5) is 15.8 Å². The number of halogens is 1. The van der Waals surface area contributed by atoms with Crippen LogP contribution >= 0.6 is 0 Å². The van der Waals surface area contributed by atoms with Crippen molar-refractivity contribution in [2.45, 2.75) is 25.7 Å². The molecule has 0 radical (unpaired) electrons. The number of sulfonamides is 1. The van der Waals surface area contributed by atoms with Gasteiger partial charge in [0.15, 0.2) is 0 Å². The smallest absolute Gasteiger partial charge is 0.262 e. The van der Waals surface area contributed by atoms with Crippen molar-refractivity contribution in [3.63, 3.8) is 0 Å². The van der Waals surface area contributed by atoms with Crippen LogP contribution in [0.1, 0.15) is 27.0 Å². The zero-order valence-electron chi connectivity index (χ0n) is 19.5. The number of hydrogen-bond donors (Lipinski definition) is 1. The Morgan fingerprint density at radius 2 is 1.56 bits per heavy atom. The Bertz CT molecular complexity index is 1320. The molecule has 0 aromatic heterocycles. The number of rotatable bonds is 5. The molecule has 0 saturated carbocycles. The zero-order chi connectivity index (χ0) is 24.5. The van der Waals surface area contributed by atoms with E-state index in [2.05, 4.69) is 9.62 Å². The van der Waals surface area contributed by atoms with Gasteiger partial charge in [-0.1, -0.05) is 18.2 Å². The van der Waals surface area contributed by atoms with Crippen molar-refractivity contribution >= 4 is 27.3 Å². The third kappa shape index (κ3) is 4.92. The van der Waals surface area contributed by atoms with Crippen molar-refractivity contribution in [2.24, 2.45) is 0 Å². The van der Waals surface area contributed by atoms with E-state index in [0.29, 0.717) is 43.0 Å². The van der Waals surface area contributed by atoms with Crippen molar-refractivity contribution in [3.8, 4) is 0 Å². The number of aryl methyl sites for hydroxylation is 2. The van der Waals surface area contributed by atoms with Gasteiger partial charge in [-0.05, 0) is 79.9 Å². The summed E-state index contributed by atoms with van der Waals surface area (Å²) in [5.74, 6) is -0.489. The van der Waals surface area contributed by atoms with Crippen molar-refractivity contribution in [1.29, 1.82) is 0 Å². The maximum atomic E-state index is 13.2. The summed E-state index contributed by atoms with van der Waals surface area (Å²) in [7, 11) is -3.88. The van der Waals surface area contributed by atoms with Crippen LogP contribution in [0.25, 0.3) is 0 Å². The Kier molecular flexibility index (Phi) is 6.61. The Morgan fingerprint density at radius 3 is 2.24 bits per heavy atom. The first-order chi connectivity index (χ1) is 16.2. The molecule has 3 aromatic carbocycles. The normalized spacial score (nSPS) is 14.2. The number of amides is 1. The number of carbonyl (C=O) groups excluding carboxylic acids is 1. The molecule has 34 heavy (non-hydrogen) atoms. The average molecular weight is 482 g/mol. The van der Waals surface area contributed by atoms with Gasteiger partial charge in [0, 0.05) is 37.4 Å². The van der Waals surface area contributed by atoms with Gasteiger partial charge in [0.1, 0.15) is 5.82 Å². The lowest BCUT2D eigenvalue weighted by Gasteiger charge is -2.36. The van der Waals surface area contributed by atoms with Crippen LogP contribution in [0.2, 0.25) is 0 Å². The molecule has 178 valence electrons. The first-order valence-electron chi connectivity index (χ1n) is 11.2. The van der Waals surface area contributed by atoms with E-state index in [-0.39, 0.29) is 16.6 Å². The number of nitrogens with zero attached hydrogens (tertiary/aromatic N) is 2. The van der Waals surface area contributed by atoms with E-state index >= 15 is 0 Å². The van der Waals surface area contributed by atoms with Gasteiger partial charge in [0.2, 0.25) is 0 Å². The zero-order valence-corrected chi connectivity index (χ0v) is 20.3. The summed E-state index contributed by atoms with van der Waals surface area (Å²) in [5, 5.41) is 0. The molecule has 1 heterocycles. The van der Waals surface area contributed by atoms with Crippen LogP contribution < -0.4 is 9.62 Å². The molecular weight excluding hydrogens is 453 g/mol. The SMILES string of the molecule is Cc1ccc(C(=O)N2CCN(c3ccc(F)cc3)CC2)cc1S(=O)(=O)Nc1cccc(C)c1C. The first-order valence-corrected chi connectivity index (χ1v) is 12.6. The van der Waals surface area contributed by atoms with Crippen molar-refractivity contribution in [2.75, 3.05) is 35.8 Å². The van der Waals surface area contributed by atoms with E-state index in [1.165, 1.54) is 18.2 Å². The highest BCUT2D eigenvalue weighted by molar-refractivity contribution is 7.92. The van der Waals surface area contributed by atoms with Crippen LogP contribution in [0.3, 0.4) is 0 Å². The predicted octanol–water partition coefficient (Wildman–Crippen LogP) is 4.51. The third-order valence-electron chi connectivity index (χ3n) is 6.33. The summed E-state index contributed by atoms with van der Waals surface area (Å²) in [6.45, 7) is 7.72. The predicted molar refractivity (Wildman–Crippen MR) is 132 cm³/mol. The summed E-state index contributed by atoms with van der Waals surface area (Å²) in [6, 6.07) is 16.6. The quantitative estimate of drug-likeness (QED) is 0.582. The highest BCUT2D eigenvalue weighted by atomic mass is 32.2. The van der Waals surface area contributed by atoms with Crippen LogP contribution in [-0.2, 0) is 10.0 Å². The number of hydrogen-bond acceptors (Lipinski definition) is 4. The second kappa shape index (κ2) is 9.46. The molecule has 1 aliphatic rings. The average Bonchev–Trinajstić information content (AvgIpc) is 2.82. The molecule has 0 atom stereocenters. The van der Waals surface area contributed by atoms with Gasteiger partial charge >= 0.3 is 0 Å². The van der Waals surface area contributed by atoms with Gasteiger partial charge in [0.25, 0.3) is 15.9 Å². The van der Waals surface area contributed by atoms with Crippen LogP contribution in [0.15, 0.2) is 65.6 Å². The monoisotopic (exact) mass is 481 g/mol. The lowest BCUT2D eigenvalue weighted by molar-refractivity contribution is 0.0746. The second-order valence-electron chi connectivity index (χ2n) is 8.59. The van der Waals surface area contributed by atoms with Gasteiger partial charge in [0.05, 0.1) is 10.6 Å². The highest BCUT2D eigenvalue weighted by Crippen LogP contribution is 2.25. The van der Waals surface area contributed by atoms with Gasteiger partial charge in [-0.2, -0.15) is 0 Å². The summed E-state index contributed by atoms with van der Waals surface area (Å²) in [5.41, 5.74) is 4.18. The molecule has 1 saturated heterocycles. The molecule has 3 aromatic rings. The third-order valence-corrected chi connectivity index (χ3v) is 7.84. The fraction of sp³-hybridized carbons (Fsp3) is 0.269. The van der Waals surface area contributed by atoms with E-state index in [4.69, 9.17) is 0 Å². The molecular formula is C26H28FN3O3S. The Labute approximate surface area is 200 Å². The minimum Gasteiger partial charge on any atom is -0.368 e. The molecule has 0 spiro atoms. The number of piperazine rings is 1. The van der Waals surface area contributed by atoms with Crippen LogP contribution in [0, 0.1) is 26.6 Å². The molecule has 4 rings (SSSR count). The Morgan fingerprint density at radius 1 is 0.882 bits per heavy atom. The second-order valence-corrected chi connectivity index (χ2v) is 10.2. The number of benzene rings is 3. The molecule has 0 bridgehead atoms. The lowest BCUT2D eigenvalue weighted by Crippen LogP contribution is -2.48. The van der Waals surface area contributed by atoms with Crippen LogP contribution in [0.5, 0.6) is 0 Å². The number of anilines is 2. The maximum Gasteiger partial charge on any atom is 0.262 e. The topological polar surface area (TPSA) is 69.7 Å². The molecule has 1 amide bonds. The maximum absolute atomic E-state index is 13.2. The Balaban J connectivity index is 1.51. The minimum atomic E-state index is -3.88. The van der Waals surface area contributed by atoms with E-state index in [1.54, 1.807) is 48.2 Å². The highest BCUT2D eigenvalue weighted by Gasteiger charge is 2.25. The standard InChI is InChI=1S/C26H28FN3O3S/c1-18-5-4-6-24(20(18)3)28-34(32,33)25-17-21(8-7-19(25)2)26(31)30-15-13-29(14-16-30)23-11-9-22(27)10-12-23/h4-12,17,28H,13-16H2,1-3H3. The van der Waals surface area contributed by atoms with Gasteiger partial charge in [-0.3, -0.25) is 9.52 Å². The number of nitrogens with one attached hydrogen (secondary N) is 1. The molecule has 1 N–H and O–H groups in total. The van der Waals surface area contributed by atoms with Gasteiger partial charge in [-0.15, -0.1) is 0 Å². The summed E-state index contributed by atoms with van der Waals surface area (Å²) in [6.07, 6.45) is 0. The van der Waals surface area contributed by atoms with Gasteiger partial charge < -0.3 is 9.80 Å². The Hall–Kier alpha value is -3.39. The molecule has 1 fully saturated rings. The van der Waals surface area contributed by atoms with Crippen molar-refractivity contribution < 1.29 is 17.6 Å². The molecule has 0 unspecified atom stereocenters. The molecule has 6 nitrogen and oxygen atoms in total. The lowest BCUT2D eigenvalue weighted by atomic mass is 10.1. The minimum absolute atomic E-state index is 0.0872. The largest absolute Gasteiger partial charge is 0.368 e. The van der Waals surface area contributed by atoms with E-state index < -0.39 is 10.0 Å². The van der Waals surface area contributed by atoms with E-state index in [0.717, 1.165) is 16.8 Å².